The molecule has 0 aliphatic carbocycles. The summed E-state index contributed by atoms with van der Waals surface area (Å²) in [4.78, 5) is 21.9. The van der Waals surface area contributed by atoms with Gasteiger partial charge in [-0.05, 0) is 54.1 Å². The van der Waals surface area contributed by atoms with Gasteiger partial charge in [0.15, 0.2) is 0 Å². The van der Waals surface area contributed by atoms with Crippen molar-refractivity contribution in [3.05, 3.63) is 83.5 Å². The van der Waals surface area contributed by atoms with Crippen molar-refractivity contribution in [2.75, 3.05) is 5.32 Å². The average molecular weight is 392 g/mol. The molecule has 0 radical (unpaired) electrons. The molecule has 132 valence electrons. The van der Waals surface area contributed by atoms with Gasteiger partial charge in [0.05, 0.1) is 0 Å². The molecule has 4 aromatic rings. The van der Waals surface area contributed by atoms with E-state index in [1.165, 1.54) is 6.08 Å². The molecule has 0 atom stereocenters. The predicted octanol–water partition coefficient (Wildman–Crippen LogP) is 5.66. The summed E-state index contributed by atoms with van der Waals surface area (Å²) in [7, 11) is 0. The van der Waals surface area contributed by atoms with Crippen LogP contribution in [-0.4, -0.2) is 15.9 Å². The molecule has 0 saturated heterocycles. The first kappa shape index (κ1) is 17.4. The maximum atomic E-state index is 12.1. The summed E-state index contributed by atoms with van der Waals surface area (Å²) in [6.07, 6.45) is 4.92. The number of nitrogens with zero attached hydrogens (tertiary/aromatic N) is 2. The first-order chi connectivity index (χ1) is 13.2. The van der Waals surface area contributed by atoms with Gasteiger partial charge in [0.25, 0.3) is 0 Å². The number of hydrogen-bond donors (Lipinski definition) is 1. The molecule has 1 N–H and O–H groups in total. The van der Waals surface area contributed by atoms with E-state index in [4.69, 9.17) is 11.6 Å². The zero-order chi connectivity index (χ0) is 18.6. The Morgan fingerprint density at radius 3 is 2.63 bits per heavy atom. The van der Waals surface area contributed by atoms with Gasteiger partial charge < -0.3 is 5.32 Å². The van der Waals surface area contributed by atoms with E-state index in [1.54, 1.807) is 29.7 Å². The number of halogens is 1. The molecule has 0 saturated carbocycles. The van der Waals surface area contributed by atoms with Gasteiger partial charge in [-0.3, -0.25) is 4.79 Å². The Morgan fingerprint density at radius 1 is 1.04 bits per heavy atom. The highest BCUT2D eigenvalue weighted by atomic mass is 35.5. The summed E-state index contributed by atoms with van der Waals surface area (Å²) < 4.78 is 0. The fourth-order valence-corrected chi connectivity index (χ4v) is 3.66. The molecule has 0 unspecified atom stereocenters. The third-order valence-corrected chi connectivity index (χ3v) is 5.26. The summed E-state index contributed by atoms with van der Waals surface area (Å²) >= 11 is 7.62. The van der Waals surface area contributed by atoms with E-state index in [9.17, 15) is 4.79 Å². The highest BCUT2D eigenvalue weighted by Crippen LogP contribution is 2.29. The van der Waals surface area contributed by atoms with Crippen molar-refractivity contribution in [3.63, 3.8) is 0 Å². The Hall–Kier alpha value is -3.02. The number of anilines is 1. The molecule has 4 nitrogen and oxygen atoms in total. The van der Waals surface area contributed by atoms with Crippen molar-refractivity contribution < 1.29 is 4.79 Å². The Labute approximate surface area is 165 Å². The van der Waals surface area contributed by atoms with Gasteiger partial charge in [0.1, 0.15) is 15.4 Å². The van der Waals surface area contributed by atoms with Crippen molar-refractivity contribution in [2.24, 2.45) is 0 Å². The van der Waals surface area contributed by atoms with Crippen LogP contribution in [0.25, 0.3) is 27.0 Å². The van der Waals surface area contributed by atoms with Crippen molar-refractivity contribution in [1.82, 2.24) is 9.97 Å². The molecular formula is C21H14ClN3OS. The number of carbonyl (C=O) groups excluding carboxylic acids is 1. The summed E-state index contributed by atoms with van der Waals surface area (Å²) in [5.41, 5.74) is 3.39. The maximum Gasteiger partial charge on any atom is 0.248 e. The fraction of sp³-hybridized carbons (Fsp3) is 0. The van der Waals surface area contributed by atoms with Gasteiger partial charge in [0.2, 0.25) is 5.91 Å². The minimum Gasteiger partial charge on any atom is -0.323 e. The van der Waals surface area contributed by atoms with E-state index < -0.39 is 0 Å². The number of fused-ring (bicyclic) bond motifs is 1. The zero-order valence-corrected chi connectivity index (χ0v) is 15.7. The lowest BCUT2D eigenvalue weighted by atomic mass is 10.2. The van der Waals surface area contributed by atoms with Crippen LogP contribution in [0.3, 0.4) is 0 Å². The van der Waals surface area contributed by atoms with Crippen LogP contribution in [0, 0.1) is 0 Å². The van der Waals surface area contributed by atoms with Crippen LogP contribution in [0.15, 0.2) is 72.9 Å². The standard InChI is InChI=1S/C21H14ClN3OS/c22-17-5-2-1-4-14(17)9-12-19(26)24-16-10-7-15(8-11-16)20-25-18-6-3-13-23-21(18)27-20/h1-13H,(H,24,26)/b12-9+. The lowest BCUT2D eigenvalue weighted by Gasteiger charge is -2.03. The highest BCUT2D eigenvalue weighted by Gasteiger charge is 2.07. The third-order valence-electron chi connectivity index (χ3n) is 3.89. The largest absolute Gasteiger partial charge is 0.323 e. The molecule has 4 rings (SSSR count). The predicted molar refractivity (Wildman–Crippen MR) is 112 cm³/mol. The van der Waals surface area contributed by atoms with Crippen LogP contribution < -0.4 is 5.32 Å². The van der Waals surface area contributed by atoms with Crippen molar-refractivity contribution in [3.8, 4) is 10.6 Å². The molecule has 0 aliphatic rings. The Kier molecular flexibility index (Phi) is 4.96. The molecule has 27 heavy (non-hydrogen) atoms. The Balaban J connectivity index is 1.46. The number of rotatable bonds is 4. The molecule has 1 amide bonds. The first-order valence-electron chi connectivity index (χ1n) is 8.25. The molecular weight excluding hydrogens is 378 g/mol. The van der Waals surface area contributed by atoms with Crippen LogP contribution in [0.1, 0.15) is 5.56 Å². The van der Waals surface area contributed by atoms with Gasteiger partial charge in [-0.1, -0.05) is 41.1 Å². The molecule has 0 bridgehead atoms. The number of carbonyl (C=O) groups is 1. The van der Waals surface area contributed by atoms with Crippen molar-refractivity contribution in [2.45, 2.75) is 0 Å². The quantitative estimate of drug-likeness (QED) is 0.456. The van der Waals surface area contributed by atoms with E-state index >= 15 is 0 Å². The number of hydrogen-bond acceptors (Lipinski definition) is 4. The van der Waals surface area contributed by atoms with Crippen LogP contribution in [0.5, 0.6) is 0 Å². The second-order valence-corrected chi connectivity index (χ2v) is 7.15. The first-order valence-corrected chi connectivity index (χ1v) is 9.44. The lowest BCUT2D eigenvalue weighted by Crippen LogP contribution is -2.07. The summed E-state index contributed by atoms with van der Waals surface area (Å²) in [5.74, 6) is -0.216. The lowest BCUT2D eigenvalue weighted by molar-refractivity contribution is -0.111. The van der Waals surface area contributed by atoms with Gasteiger partial charge in [0, 0.05) is 28.5 Å². The van der Waals surface area contributed by atoms with Crippen molar-refractivity contribution >= 4 is 51.0 Å². The second kappa shape index (κ2) is 7.70. The molecule has 6 heteroatoms. The van der Waals surface area contributed by atoms with Gasteiger partial charge in [-0.25, -0.2) is 9.97 Å². The number of amides is 1. The number of aromatic nitrogens is 2. The van der Waals surface area contributed by atoms with Gasteiger partial charge in [-0.2, -0.15) is 0 Å². The average Bonchev–Trinajstić information content (AvgIpc) is 3.12. The van der Waals surface area contributed by atoms with Crippen LogP contribution in [-0.2, 0) is 4.79 Å². The fourth-order valence-electron chi connectivity index (χ4n) is 2.55. The van der Waals surface area contributed by atoms with Gasteiger partial charge >= 0.3 is 0 Å². The summed E-state index contributed by atoms with van der Waals surface area (Å²) in [6, 6.07) is 18.8. The molecule has 0 aliphatic heterocycles. The third kappa shape index (κ3) is 4.05. The molecule has 2 heterocycles. The van der Waals surface area contributed by atoms with E-state index in [0.29, 0.717) is 10.7 Å². The number of thiazole rings is 1. The monoisotopic (exact) mass is 391 g/mol. The number of benzene rings is 2. The van der Waals surface area contributed by atoms with Crippen LogP contribution >= 0.6 is 22.9 Å². The maximum absolute atomic E-state index is 12.1. The van der Waals surface area contributed by atoms with Crippen molar-refractivity contribution in [1.29, 1.82) is 0 Å². The van der Waals surface area contributed by atoms with E-state index in [2.05, 4.69) is 15.3 Å². The molecule has 0 fully saturated rings. The Bertz CT molecular complexity index is 1100. The molecule has 2 aromatic carbocycles. The van der Waals surface area contributed by atoms with E-state index in [1.807, 2.05) is 54.6 Å². The van der Waals surface area contributed by atoms with E-state index in [0.717, 1.165) is 26.5 Å². The Morgan fingerprint density at radius 2 is 1.85 bits per heavy atom. The van der Waals surface area contributed by atoms with E-state index in [-0.39, 0.29) is 5.91 Å². The molecule has 2 aromatic heterocycles. The minimum atomic E-state index is -0.216. The summed E-state index contributed by atoms with van der Waals surface area (Å²) in [5, 5.41) is 4.35. The number of nitrogens with one attached hydrogen (secondary N) is 1. The van der Waals surface area contributed by atoms with Crippen LogP contribution in [0.4, 0.5) is 5.69 Å². The van der Waals surface area contributed by atoms with Crippen LogP contribution in [0.2, 0.25) is 5.02 Å². The number of pyridine rings is 1. The minimum absolute atomic E-state index is 0.216. The zero-order valence-electron chi connectivity index (χ0n) is 14.1. The highest BCUT2D eigenvalue weighted by molar-refractivity contribution is 7.21. The second-order valence-electron chi connectivity index (χ2n) is 5.77. The topological polar surface area (TPSA) is 54.9 Å². The SMILES string of the molecule is O=C(/C=C/c1ccccc1Cl)Nc1ccc(-c2nc3cccnc3s2)cc1. The molecule has 0 spiro atoms. The normalized spacial score (nSPS) is 11.1. The summed E-state index contributed by atoms with van der Waals surface area (Å²) in [6.45, 7) is 0. The van der Waals surface area contributed by atoms with Gasteiger partial charge in [-0.15, -0.1) is 0 Å². The smallest absolute Gasteiger partial charge is 0.248 e.